The van der Waals surface area contributed by atoms with E-state index in [1.807, 2.05) is 25.1 Å². The second-order valence-corrected chi connectivity index (χ2v) is 5.34. The second kappa shape index (κ2) is 4.47. The number of aliphatic hydroxyl groups excluding tert-OH is 1. The standard InChI is InChI=1S/C15H20O3/c1-2-17-11-5-6-14-12(9-11)13(16)10-15(18-14)7-3-4-8-15/h5-6,9,13,16H,2-4,7-8,10H2,1H3/t13-/m0/s1. The van der Waals surface area contributed by atoms with Gasteiger partial charge in [-0.25, -0.2) is 0 Å². The normalized spacial score (nSPS) is 24.7. The Hall–Kier alpha value is -1.22. The molecule has 1 aromatic carbocycles. The predicted molar refractivity (Wildman–Crippen MR) is 69.0 cm³/mol. The lowest BCUT2D eigenvalue weighted by Crippen LogP contribution is -2.38. The maximum atomic E-state index is 10.3. The fourth-order valence-electron chi connectivity index (χ4n) is 3.20. The van der Waals surface area contributed by atoms with Crippen molar-refractivity contribution in [3.05, 3.63) is 23.8 Å². The smallest absolute Gasteiger partial charge is 0.126 e. The summed E-state index contributed by atoms with van der Waals surface area (Å²) in [5, 5.41) is 10.3. The monoisotopic (exact) mass is 248 g/mol. The lowest BCUT2D eigenvalue weighted by Gasteiger charge is -2.38. The quantitative estimate of drug-likeness (QED) is 0.873. The van der Waals surface area contributed by atoms with Gasteiger partial charge in [-0.3, -0.25) is 0 Å². The number of aliphatic hydroxyl groups is 1. The summed E-state index contributed by atoms with van der Waals surface area (Å²) in [5.41, 5.74) is 0.762. The molecule has 3 nitrogen and oxygen atoms in total. The molecule has 1 saturated carbocycles. The Morgan fingerprint density at radius 2 is 2.17 bits per heavy atom. The highest BCUT2D eigenvalue weighted by Crippen LogP contribution is 2.47. The van der Waals surface area contributed by atoms with Gasteiger partial charge in [0.15, 0.2) is 0 Å². The molecule has 1 aliphatic carbocycles. The fourth-order valence-corrected chi connectivity index (χ4v) is 3.20. The van der Waals surface area contributed by atoms with Crippen LogP contribution in [0.3, 0.4) is 0 Å². The lowest BCUT2D eigenvalue weighted by molar-refractivity contribution is -0.00956. The van der Waals surface area contributed by atoms with Crippen molar-refractivity contribution in [1.82, 2.24) is 0 Å². The summed E-state index contributed by atoms with van der Waals surface area (Å²) in [6.45, 7) is 2.60. The first-order valence-corrected chi connectivity index (χ1v) is 6.86. The molecule has 1 fully saturated rings. The molecular formula is C15H20O3. The zero-order valence-electron chi connectivity index (χ0n) is 10.8. The van der Waals surface area contributed by atoms with Crippen LogP contribution in [-0.4, -0.2) is 17.3 Å². The van der Waals surface area contributed by atoms with Crippen molar-refractivity contribution in [3.8, 4) is 11.5 Å². The molecule has 1 atom stereocenters. The zero-order chi connectivity index (χ0) is 12.6. The van der Waals surface area contributed by atoms with Crippen LogP contribution in [-0.2, 0) is 0 Å². The molecule has 1 heterocycles. The van der Waals surface area contributed by atoms with E-state index in [1.54, 1.807) is 0 Å². The van der Waals surface area contributed by atoms with Crippen molar-refractivity contribution in [2.75, 3.05) is 6.61 Å². The molecule has 3 rings (SSSR count). The molecule has 0 unspecified atom stereocenters. The van der Waals surface area contributed by atoms with E-state index in [0.29, 0.717) is 6.61 Å². The Labute approximate surface area is 108 Å². The van der Waals surface area contributed by atoms with Gasteiger partial charge in [-0.2, -0.15) is 0 Å². The molecule has 0 amide bonds. The summed E-state index contributed by atoms with van der Waals surface area (Å²) >= 11 is 0. The Morgan fingerprint density at radius 3 is 2.89 bits per heavy atom. The van der Waals surface area contributed by atoms with E-state index in [2.05, 4.69) is 0 Å². The summed E-state index contributed by atoms with van der Waals surface area (Å²) in [4.78, 5) is 0. The molecule has 0 saturated heterocycles. The third-order valence-electron chi connectivity index (χ3n) is 4.06. The van der Waals surface area contributed by atoms with Crippen LogP contribution in [0.25, 0.3) is 0 Å². The molecule has 1 aromatic rings. The minimum Gasteiger partial charge on any atom is -0.494 e. The molecule has 1 N–H and O–H groups in total. The molecule has 18 heavy (non-hydrogen) atoms. The highest BCUT2D eigenvalue weighted by Gasteiger charge is 2.42. The molecule has 3 heteroatoms. The van der Waals surface area contributed by atoms with Gasteiger partial charge >= 0.3 is 0 Å². The minimum atomic E-state index is -0.424. The van der Waals surface area contributed by atoms with E-state index in [9.17, 15) is 5.11 Å². The van der Waals surface area contributed by atoms with Crippen molar-refractivity contribution >= 4 is 0 Å². The van der Waals surface area contributed by atoms with Crippen molar-refractivity contribution in [2.24, 2.45) is 0 Å². The van der Waals surface area contributed by atoms with E-state index >= 15 is 0 Å². The number of fused-ring (bicyclic) bond motifs is 1. The van der Waals surface area contributed by atoms with Crippen LogP contribution in [0.5, 0.6) is 11.5 Å². The first-order chi connectivity index (χ1) is 8.72. The summed E-state index contributed by atoms with van der Waals surface area (Å²) in [6, 6.07) is 5.76. The summed E-state index contributed by atoms with van der Waals surface area (Å²) < 4.78 is 11.6. The van der Waals surface area contributed by atoms with Gasteiger partial charge in [0, 0.05) is 12.0 Å². The molecule has 1 aliphatic heterocycles. The van der Waals surface area contributed by atoms with E-state index < -0.39 is 6.10 Å². The number of ether oxygens (including phenoxy) is 2. The first-order valence-electron chi connectivity index (χ1n) is 6.86. The summed E-state index contributed by atoms with van der Waals surface area (Å²) in [5.74, 6) is 1.64. The van der Waals surface area contributed by atoms with Crippen LogP contribution in [0.2, 0.25) is 0 Å². The van der Waals surface area contributed by atoms with Gasteiger partial charge in [-0.1, -0.05) is 0 Å². The Morgan fingerprint density at radius 1 is 1.39 bits per heavy atom. The Kier molecular flexibility index (Phi) is 2.94. The van der Waals surface area contributed by atoms with E-state index in [4.69, 9.17) is 9.47 Å². The average Bonchev–Trinajstić information content (AvgIpc) is 2.78. The third kappa shape index (κ3) is 1.97. The van der Waals surface area contributed by atoms with Gasteiger partial charge in [0.25, 0.3) is 0 Å². The maximum absolute atomic E-state index is 10.3. The maximum Gasteiger partial charge on any atom is 0.126 e. The molecule has 1 spiro atoms. The van der Waals surface area contributed by atoms with Crippen LogP contribution in [0, 0.1) is 0 Å². The minimum absolute atomic E-state index is 0.112. The number of rotatable bonds is 2. The van der Waals surface area contributed by atoms with Crippen molar-refractivity contribution in [2.45, 2.75) is 50.7 Å². The van der Waals surface area contributed by atoms with Crippen LogP contribution in [0.1, 0.15) is 50.7 Å². The lowest BCUT2D eigenvalue weighted by atomic mass is 9.87. The van der Waals surface area contributed by atoms with Gasteiger partial charge < -0.3 is 14.6 Å². The third-order valence-corrected chi connectivity index (χ3v) is 4.06. The van der Waals surface area contributed by atoms with E-state index in [-0.39, 0.29) is 5.60 Å². The molecule has 2 aliphatic rings. The van der Waals surface area contributed by atoms with E-state index in [1.165, 1.54) is 12.8 Å². The highest BCUT2D eigenvalue weighted by molar-refractivity contribution is 5.43. The topological polar surface area (TPSA) is 38.7 Å². The Bertz CT molecular complexity index is 435. The molecular weight excluding hydrogens is 228 g/mol. The largest absolute Gasteiger partial charge is 0.494 e. The van der Waals surface area contributed by atoms with Gasteiger partial charge in [0.05, 0.1) is 12.7 Å². The number of benzene rings is 1. The van der Waals surface area contributed by atoms with Crippen LogP contribution < -0.4 is 9.47 Å². The van der Waals surface area contributed by atoms with Crippen molar-refractivity contribution in [3.63, 3.8) is 0 Å². The molecule has 0 bridgehead atoms. The second-order valence-electron chi connectivity index (χ2n) is 5.34. The average molecular weight is 248 g/mol. The molecule has 0 aromatic heterocycles. The van der Waals surface area contributed by atoms with Crippen LogP contribution in [0.4, 0.5) is 0 Å². The summed E-state index contributed by atoms with van der Waals surface area (Å²) in [6.07, 6.45) is 4.84. The van der Waals surface area contributed by atoms with Gasteiger partial charge in [0.2, 0.25) is 0 Å². The number of hydrogen-bond donors (Lipinski definition) is 1. The zero-order valence-corrected chi connectivity index (χ0v) is 10.8. The first kappa shape index (κ1) is 11.8. The highest BCUT2D eigenvalue weighted by atomic mass is 16.5. The molecule has 0 radical (unpaired) electrons. The summed E-state index contributed by atoms with van der Waals surface area (Å²) in [7, 11) is 0. The van der Waals surface area contributed by atoms with Crippen LogP contribution in [0.15, 0.2) is 18.2 Å². The SMILES string of the molecule is CCOc1ccc2c(c1)[C@@H](O)CC1(CCCC1)O2. The van der Waals surface area contributed by atoms with Gasteiger partial charge in [-0.15, -0.1) is 0 Å². The van der Waals surface area contributed by atoms with Gasteiger partial charge in [-0.05, 0) is 50.8 Å². The van der Waals surface area contributed by atoms with Gasteiger partial charge in [0.1, 0.15) is 17.1 Å². The number of hydrogen-bond acceptors (Lipinski definition) is 3. The Balaban J connectivity index is 1.90. The molecule has 98 valence electrons. The van der Waals surface area contributed by atoms with Crippen molar-refractivity contribution < 1.29 is 14.6 Å². The van der Waals surface area contributed by atoms with Crippen LogP contribution >= 0.6 is 0 Å². The predicted octanol–water partition coefficient (Wildman–Crippen LogP) is 3.21. The fraction of sp³-hybridized carbons (Fsp3) is 0.600. The van der Waals surface area contributed by atoms with Crippen molar-refractivity contribution in [1.29, 1.82) is 0 Å². The van der Waals surface area contributed by atoms with E-state index in [0.717, 1.165) is 36.3 Å².